The number of hydrogen-bond acceptors (Lipinski definition) is 4. The summed E-state index contributed by atoms with van der Waals surface area (Å²) in [6.07, 6.45) is 14.7. The molecule has 0 bridgehead atoms. The van der Waals surface area contributed by atoms with Crippen molar-refractivity contribution in [1.82, 2.24) is 4.98 Å². The Labute approximate surface area is 128 Å². The van der Waals surface area contributed by atoms with Crippen molar-refractivity contribution < 1.29 is 4.73 Å². The van der Waals surface area contributed by atoms with E-state index in [9.17, 15) is 5.21 Å². The molecule has 1 rings (SSSR count). The first-order chi connectivity index (χ1) is 10.3. The molecule has 0 radical (unpaired) electrons. The predicted octanol–water partition coefficient (Wildman–Crippen LogP) is 3.63. The topological polar surface area (TPSA) is 77.9 Å². The maximum Gasteiger partial charge on any atom is 0.343 e. The molecule has 0 saturated heterocycles. The first-order valence-corrected chi connectivity index (χ1v) is 8.33. The average Bonchev–Trinajstić information content (AvgIpc) is 2.49. The van der Waals surface area contributed by atoms with Crippen LogP contribution in [0.5, 0.6) is 0 Å². The van der Waals surface area contributed by atoms with Gasteiger partial charge in [0.2, 0.25) is 0 Å². The van der Waals surface area contributed by atoms with Gasteiger partial charge < -0.3 is 16.3 Å². The number of rotatable bonds is 12. The van der Waals surface area contributed by atoms with E-state index in [1.807, 2.05) is 0 Å². The highest BCUT2D eigenvalue weighted by Crippen LogP contribution is 2.10. The molecule has 5 nitrogen and oxygen atoms in total. The lowest BCUT2D eigenvalue weighted by molar-refractivity contribution is -0.577. The summed E-state index contributed by atoms with van der Waals surface area (Å²) in [5.41, 5.74) is 5.45. The first-order valence-electron chi connectivity index (χ1n) is 8.33. The maximum atomic E-state index is 11.5. The Balaban J connectivity index is 1.94. The zero-order valence-electron chi connectivity index (χ0n) is 13.3. The van der Waals surface area contributed by atoms with E-state index < -0.39 is 0 Å². The minimum absolute atomic E-state index is 0.0110. The van der Waals surface area contributed by atoms with Crippen LogP contribution < -0.4 is 15.8 Å². The molecule has 3 N–H and O–H groups in total. The van der Waals surface area contributed by atoms with Crippen LogP contribution in [0.25, 0.3) is 0 Å². The number of unbranched alkanes of at least 4 members (excludes halogenated alkanes) is 9. The Hall–Kier alpha value is -1.52. The fraction of sp³-hybridized carbons (Fsp3) is 0.750. The van der Waals surface area contributed by atoms with E-state index in [0.717, 1.165) is 13.0 Å². The van der Waals surface area contributed by atoms with Crippen molar-refractivity contribution >= 4 is 11.8 Å². The molecular formula is C16H30N4O. The molecule has 0 aliphatic heterocycles. The average molecular weight is 294 g/mol. The van der Waals surface area contributed by atoms with Gasteiger partial charge in [-0.05, 0) is 6.42 Å². The second-order valence-corrected chi connectivity index (χ2v) is 5.59. The molecule has 0 aliphatic rings. The van der Waals surface area contributed by atoms with E-state index in [1.54, 1.807) is 12.3 Å². The fourth-order valence-electron chi connectivity index (χ4n) is 2.39. The van der Waals surface area contributed by atoms with Gasteiger partial charge in [-0.3, -0.25) is 0 Å². The summed E-state index contributed by atoms with van der Waals surface area (Å²) in [5.74, 6) is 0.474. The molecule has 21 heavy (non-hydrogen) atoms. The second-order valence-electron chi connectivity index (χ2n) is 5.59. The second kappa shape index (κ2) is 11.2. The van der Waals surface area contributed by atoms with Crippen LogP contribution in [0.2, 0.25) is 0 Å². The fourth-order valence-corrected chi connectivity index (χ4v) is 2.39. The van der Waals surface area contributed by atoms with E-state index in [0.29, 0.717) is 10.5 Å². The van der Waals surface area contributed by atoms with Gasteiger partial charge in [0, 0.05) is 12.6 Å². The van der Waals surface area contributed by atoms with Gasteiger partial charge in [-0.15, -0.1) is 4.98 Å². The molecule has 1 heterocycles. The van der Waals surface area contributed by atoms with Crippen LogP contribution >= 0.6 is 0 Å². The van der Waals surface area contributed by atoms with E-state index in [-0.39, 0.29) is 5.95 Å². The summed E-state index contributed by atoms with van der Waals surface area (Å²) >= 11 is 0. The Morgan fingerprint density at radius 2 is 1.62 bits per heavy atom. The summed E-state index contributed by atoms with van der Waals surface area (Å²) in [5, 5.41) is 14.7. The van der Waals surface area contributed by atoms with E-state index in [1.165, 1.54) is 57.8 Å². The monoisotopic (exact) mass is 294 g/mol. The number of aromatic nitrogens is 2. The highest BCUT2D eigenvalue weighted by molar-refractivity contribution is 5.29. The van der Waals surface area contributed by atoms with Crippen molar-refractivity contribution in [1.29, 1.82) is 0 Å². The van der Waals surface area contributed by atoms with Crippen LogP contribution in [0, 0.1) is 5.21 Å². The molecule has 120 valence electrons. The van der Waals surface area contributed by atoms with Crippen LogP contribution in [0.15, 0.2) is 12.3 Å². The van der Waals surface area contributed by atoms with Gasteiger partial charge in [0.25, 0.3) is 0 Å². The minimum Gasteiger partial charge on any atom is -0.754 e. The number of nitrogens with zero attached hydrogens (tertiary/aromatic N) is 2. The van der Waals surface area contributed by atoms with Gasteiger partial charge in [0.1, 0.15) is 0 Å². The zero-order chi connectivity index (χ0) is 15.3. The predicted molar refractivity (Wildman–Crippen MR) is 87.9 cm³/mol. The van der Waals surface area contributed by atoms with Crippen LogP contribution in [0.4, 0.5) is 11.8 Å². The molecular weight excluding hydrogens is 264 g/mol. The molecule has 0 saturated carbocycles. The molecule has 0 unspecified atom stereocenters. The minimum atomic E-state index is -0.0110. The third-order valence-electron chi connectivity index (χ3n) is 3.70. The SMILES string of the molecule is CCCCCCCCCCCCNc1ccnc(N)[n+]1[O-]. The third-order valence-corrected chi connectivity index (χ3v) is 3.70. The molecule has 0 amide bonds. The van der Waals surface area contributed by atoms with Crippen molar-refractivity contribution in [3.8, 4) is 0 Å². The van der Waals surface area contributed by atoms with Crippen LogP contribution in [0.1, 0.15) is 71.1 Å². The summed E-state index contributed by atoms with van der Waals surface area (Å²) in [4.78, 5) is 3.73. The van der Waals surface area contributed by atoms with Gasteiger partial charge in [0.15, 0.2) is 5.82 Å². The van der Waals surface area contributed by atoms with Crippen molar-refractivity contribution in [3.63, 3.8) is 0 Å². The van der Waals surface area contributed by atoms with Crippen LogP contribution in [-0.4, -0.2) is 11.5 Å². The lowest BCUT2D eigenvalue weighted by Gasteiger charge is -2.12. The quantitative estimate of drug-likeness (QED) is 0.350. The summed E-state index contributed by atoms with van der Waals surface area (Å²) in [6, 6.07) is 1.65. The standard InChI is InChI=1S/C16H30N4O/c1-2-3-4-5-6-7-8-9-10-11-13-18-15-12-14-19-16(17)20(15)21/h12,14,18H,2-11,13H2,1H3,(H2,17,19). The molecule has 0 atom stereocenters. The molecule has 0 aromatic carbocycles. The van der Waals surface area contributed by atoms with Crippen LogP contribution in [0.3, 0.4) is 0 Å². The molecule has 5 heteroatoms. The molecule has 1 aromatic rings. The van der Waals surface area contributed by atoms with Crippen molar-refractivity contribution in [2.75, 3.05) is 17.6 Å². The van der Waals surface area contributed by atoms with E-state index >= 15 is 0 Å². The zero-order valence-corrected chi connectivity index (χ0v) is 13.3. The largest absolute Gasteiger partial charge is 0.754 e. The number of nitrogens with two attached hydrogens (primary N) is 1. The van der Waals surface area contributed by atoms with Gasteiger partial charge in [0.05, 0.1) is 6.20 Å². The number of anilines is 2. The van der Waals surface area contributed by atoms with Gasteiger partial charge in [-0.2, -0.15) is 0 Å². The highest BCUT2D eigenvalue weighted by Gasteiger charge is 2.03. The Morgan fingerprint density at radius 1 is 1.05 bits per heavy atom. The Morgan fingerprint density at radius 3 is 2.24 bits per heavy atom. The maximum absolute atomic E-state index is 11.5. The number of nitrogens with one attached hydrogen (secondary N) is 1. The summed E-state index contributed by atoms with van der Waals surface area (Å²) in [7, 11) is 0. The van der Waals surface area contributed by atoms with Crippen molar-refractivity contribution in [2.45, 2.75) is 71.1 Å². The Kier molecular flexibility index (Phi) is 9.33. The molecule has 0 fully saturated rings. The van der Waals surface area contributed by atoms with Gasteiger partial charge in [-0.25, -0.2) is 4.73 Å². The molecule has 1 aromatic heterocycles. The van der Waals surface area contributed by atoms with Crippen molar-refractivity contribution in [3.05, 3.63) is 17.5 Å². The van der Waals surface area contributed by atoms with Crippen LogP contribution in [-0.2, 0) is 0 Å². The van der Waals surface area contributed by atoms with E-state index in [4.69, 9.17) is 5.73 Å². The first kappa shape index (κ1) is 17.5. The summed E-state index contributed by atoms with van der Waals surface area (Å²) in [6.45, 7) is 3.06. The normalized spacial score (nSPS) is 10.7. The van der Waals surface area contributed by atoms with Crippen molar-refractivity contribution in [2.24, 2.45) is 0 Å². The van der Waals surface area contributed by atoms with Gasteiger partial charge in [-0.1, -0.05) is 64.7 Å². The highest BCUT2D eigenvalue weighted by atomic mass is 16.5. The van der Waals surface area contributed by atoms with E-state index in [2.05, 4.69) is 17.2 Å². The number of nitrogen functional groups attached to an aromatic ring is 1. The number of hydrogen-bond donors (Lipinski definition) is 2. The third kappa shape index (κ3) is 7.73. The Bertz CT molecular complexity index is 385. The van der Waals surface area contributed by atoms with Gasteiger partial charge >= 0.3 is 5.95 Å². The lowest BCUT2D eigenvalue weighted by atomic mass is 10.1. The lowest BCUT2D eigenvalue weighted by Crippen LogP contribution is -2.35. The summed E-state index contributed by atoms with van der Waals surface area (Å²) < 4.78 is 0.635. The molecule has 0 aliphatic carbocycles. The molecule has 0 spiro atoms. The smallest absolute Gasteiger partial charge is 0.343 e.